The third kappa shape index (κ3) is 3.97. The summed E-state index contributed by atoms with van der Waals surface area (Å²) < 4.78 is 19.4. The zero-order valence-electron chi connectivity index (χ0n) is 14.0. The molecule has 2 aromatic heterocycles. The van der Waals surface area contributed by atoms with Gasteiger partial charge in [0.2, 0.25) is 11.8 Å². The molecule has 0 atom stereocenters. The fourth-order valence-corrected chi connectivity index (χ4v) is 3.42. The van der Waals surface area contributed by atoms with E-state index < -0.39 is 11.9 Å². The van der Waals surface area contributed by atoms with E-state index in [0.717, 1.165) is 25.0 Å². The maximum absolute atomic E-state index is 13.8. The predicted octanol–water partition coefficient (Wildman–Crippen LogP) is 4.71. The van der Waals surface area contributed by atoms with Gasteiger partial charge in [-0.2, -0.15) is 0 Å². The Balaban J connectivity index is 1.57. The first kappa shape index (κ1) is 18.4. The molecule has 1 aliphatic rings. The molecule has 1 aromatic carbocycles. The number of pyridine rings is 1. The van der Waals surface area contributed by atoms with E-state index in [4.69, 9.17) is 21.4 Å². The number of carboxylic acid groups (broad SMARTS) is 1. The van der Waals surface area contributed by atoms with Crippen molar-refractivity contribution >= 4 is 56.1 Å². The Morgan fingerprint density at radius 1 is 1.25 bits per heavy atom. The van der Waals surface area contributed by atoms with Crippen LogP contribution in [0.2, 0.25) is 5.02 Å². The number of amides is 2. The quantitative estimate of drug-likeness (QED) is 0.548. The number of rotatable bonds is 5. The predicted molar refractivity (Wildman–Crippen MR) is 102 cm³/mol. The van der Waals surface area contributed by atoms with Gasteiger partial charge in [-0.25, -0.2) is 19.2 Å². The van der Waals surface area contributed by atoms with E-state index in [1.54, 1.807) is 12.1 Å². The molecular weight excluding hydrogens is 411 g/mol. The molecule has 0 aliphatic heterocycles. The number of nitrogens with one attached hydrogen (secondary N) is 2. The number of ether oxygens (including phenoxy) is 1. The highest BCUT2D eigenvalue weighted by atomic mass is 35.5. The van der Waals surface area contributed by atoms with Crippen molar-refractivity contribution in [2.24, 2.45) is 5.92 Å². The molecular formula is C17H12ClFN4O4S. The zero-order chi connectivity index (χ0) is 19.8. The normalized spacial score (nSPS) is 13.4. The van der Waals surface area contributed by atoms with Gasteiger partial charge in [-0.1, -0.05) is 22.9 Å². The van der Waals surface area contributed by atoms with Crippen LogP contribution >= 0.6 is 22.9 Å². The van der Waals surface area contributed by atoms with Crippen LogP contribution in [0, 0.1) is 11.7 Å². The van der Waals surface area contributed by atoms with Crippen LogP contribution in [0.15, 0.2) is 24.3 Å². The average molecular weight is 423 g/mol. The van der Waals surface area contributed by atoms with Crippen molar-refractivity contribution in [2.45, 2.75) is 12.8 Å². The second-order valence-electron chi connectivity index (χ2n) is 6.05. The first-order chi connectivity index (χ1) is 13.4. The number of hydrogen-bond donors (Lipinski definition) is 3. The second kappa shape index (κ2) is 7.21. The van der Waals surface area contributed by atoms with Crippen LogP contribution < -0.4 is 15.4 Å². The highest BCUT2D eigenvalue weighted by Gasteiger charge is 2.30. The number of hydrogen-bond acceptors (Lipinski definition) is 6. The molecule has 1 saturated carbocycles. The van der Waals surface area contributed by atoms with Gasteiger partial charge in [0.05, 0.1) is 10.7 Å². The van der Waals surface area contributed by atoms with Crippen LogP contribution in [-0.4, -0.2) is 27.1 Å². The lowest BCUT2D eigenvalue weighted by atomic mass is 10.3. The molecule has 0 spiro atoms. The van der Waals surface area contributed by atoms with Crippen molar-refractivity contribution in [1.29, 1.82) is 0 Å². The maximum atomic E-state index is 13.8. The van der Waals surface area contributed by atoms with Crippen molar-refractivity contribution in [3.63, 3.8) is 0 Å². The fourth-order valence-electron chi connectivity index (χ4n) is 2.39. The van der Waals surface area contributed by atoms with E-state index in [2.05, 4.69) is 15.3 Å². The molecule has 1 aliphatic carbocycles. The Labute approximate surface area is 166 Å². The summed E-state index contributed by atoms with van der Waals surface area (Å²) in [7, 11) is 0. The van der Waals surface area contributed by atoms with Crippen molar-refractivity contribution in [1.82, 2.24) is 9.97 Å². The van der Waals surface area contributed by atoms with Gasteiger partial charge < -0.3 is 15.2 Å². The largest absolute Gasteiger partial charge is 0.465 e. The first-order valence-corrected chi connectivity index (χ1v) is 9.34. The third-order valence-electron chi connectivity index (χ3n) is 3.89. The fraction of sp³-hybridized carbons (Fsp3) is 0.176. The van der Waals surface area contributed by atoms with E-state index >= 15 is 0 Å². The summed E-state index contributed by atoms with van der Waals surface area (Å²) in [6.45, 7) is 0. The Bertz CT molecular complexity index is 1100. The SMILES string of the molecule is O=C(O)Nc1cc(Oc2ccc3nc(NC(=O)C4CC4)sc3n2)c(Cl)cc1F. The van der Waals surface area contributed by atoms with Crippen LogP contribution in [-0.2, 0) is 4.79 Å². The van der Waals surface area contributed by atoms with Crippen LogP contribution in [0.25, 0.3) is 10.3 Å². The molecule has 0 bridgehead atoms. The molecule has 1 fully saturated rings. The summed E-state index contributed by atoms with van der Waals surface area (Å²) in [6, 6.07) is 5.28. The Morgan fingerprint density at radius 3 is 2.75 bits per heavy atom. The highest BCUT2D eigenvalue weighted by Crippen LogP contribution is 2.35. The average Bonchev–Trinajstić information content (AvgIpc) is 3.40. The molecule has 8 nitrogen and oxygen atoms in total. The highest BCUT2D eigenvalue weighted by molar-refractivity contribution is 7.21. The summed E-state index contributed by atoms with van der Waals surface area (Å²) in [5.74, 6) is -0.627. The van der Waals surface area contributed by atoms with Gasteiger partial charge in [0, 0.05) is 18.1 Å². The molecule has 3 N–H and O–H groups in total. The lowest BCUT2D eigenvalue weighted by Gasteiger charge is -2.10. The first-order valence-electron chi connectivity index (χ1n) is 8.14. The summed E-state index contributed by atoms with van der Waals surface area (Å²) in [6.07, 6.45) is 0.367. The molecule has 2 heterocycles. The van der Waals surface area contributed by atoms with Gasteiger partial charge in [-0.3, -0.25) is 10.1 Å². The number of fused-ring (bicyclic) bond motifs is 1. The summed E-state index contributed by atoms with van der Waals surface area (Å²) in [5, 5.41) is 13.9. The lowest BCUT2D eigenvalue weighted by molar-refractivity contribution is -0.117. The number of nitrogens with zero attached hydrogens (tertiary/aromatic N) is 2. The van der Waals surface area contributed by atoms with Gasteiger partial charge >= 0.3 is 6.09 Å². The van der Waals surface area contributed by atoms with Crippen LogP contribution in [0.1, 0.15) is 12.8 Å². The van der Waals surface area contributed by atoms with Crippen LogP contribution in [0.5, 0.6) is 11.6 Å². The van der Waals surface area contributed by atoms with E-state index in [0.29, 0.717) is 15.5 Å². The Hall–Kier alpha value is -2.98. The Morgan fingerprint density at radius 2 is 2.04 bits per heavy atom. The van der Waals surface area contributed by atoms with Gasteiger partial charge in [-0.15, -0.1) is 0 Å². The number of thiazole rings is 1. The molecule has 0 radical (unpaired) electrons. The van der Waals surface area contributed by atoms with E-state index in [-0.39, 0.29) is 34.2 Å². The Kier molecular flexibility index (Phi) is 4.73. The number of anilines is 2. The number of carbonyl (C=O) groups excluding carboxylic acids is 1. The molecule has 28 heavy (non-hydrogen) atoms. The van der Waals surface area contributed by atoms with Crippen molar-refractivity contribution in [3.05, 3.63) is 35.1 Å². The molecule has 4 rings (SSSR count). The second-order valence-corrected chi connectivity index (χ2v) is 7.44. The molecule has 3 aromatic rings. The number of carbonyl (C=O) groups is 2. The van der Waals surface area contributed by atoms with Gasteiger partial charge in [0.1, 0.15) is 21.9 Å². The topological polar surface area (TPSA) is 113 Å². The minimum absolute atomic E-state index is 0.0328. The minimum atomic E-state index is -1.42. The molecule has 144 valence electrons. The minimum Gasteiger partial charge on any atom is -0.465 e. The molecule has 11 heteroatoms. The zero-order valence-corrected chi connectivity index (χ0v) is 15.6. The van der Waals surface area contributed by atoms with Crippen molar-refractivity contribution in [2.75, 3.05) is 10.6 Å². The summed E-state index contributed by atoms with van der Waals surface area (Å²) in [4.78, 5) is 31.7. The van der Waals surface area contributed by atoms with Gasteiger partial charge in [0.15, 0.2) is 5.13 Å². The third-order valence-corrected chi connectivity index (χ3v) is 5.06. The van der Waals surface area contributed by atoms with Gasteiger partial charge in [0.25, 0.3) is 0 Å². The molecule has 0 unspecified atom stereocenters. The summed E-state index contributed by atoms with van der Waals surface area (Å²) >= 11 is 7.17. The number of benzene rings is 1. The van der Waals surface area contributed by atoms with Crippen LogP contribution in [0.4, 0.5) is 20.0 Å². The monoisotopic (exact) mass is 422 g/mol. The van der Waals surface area contributed by atoms with Crippen molar-refractivity contribution in [3.8, 4) is 11.6 Å². The van der Waals surface area contributed by atoms with Gasteiger partial charge in [-0.05, 0) is 25.0 Å². The van der Waals surface area contributed by atoms with Crippen LogP contribution in [0.3, 0.4) is 0 Å². The maximum Gasteiger partial charge on any atom is 0.409 e. The van der Waals surface area contributed by atoms with Crippen molar-refractivity contribution < 1.29 is 23.8 Å². The summed E-state index contributed by atoms with van der Waals surface area (Å²) in [5.41, 5.74) is 0.290. The van der Waals surface area contributed by atoms with E-state index in [1.165, 1.54) is 11.3 Å². The lowest BCUT2D eigenvalue weighted by Crippen LogP contribution is -2.12. The molecule has 0 saturated heterocycles. The number of aromatic nitrogens is 2. The molecule has 2 amide bonds. The van der Waals surface area contributed by atoms with E-state index in [1.807, 2.05) is 5.32 Å². The smallest absolute Gasteiger partial charge is 0.409 e. The standard InChI is InChI=1S/C17H12ClFN4O4S/c18-8-5-9(19)11(21-17(25)26)6-12(8)27-13-4-3-10-15(22-13)28-16(20-10)23-14(24)7-1-2-7/h3-7,21H,1-2H2,(H,25,26)(H,20,23,24). The number of halogens is 2. The van der Waals surface area contributed by atoms with E-state index in [9.17, 15) is 14.0 Å².